The summed E-state index contributed by atoms with van der Waals surface area (Å²) in [5.41, 5.74) is 3.43. The fourth-order valence-electron chi connectivity index (χ4n) is 2.48. The van der Waals surface area contributed by atoms with Crippen molar-refractivity contribution in [1.29, 1.82) is 5.26 Å². The molecule has 0 saturated carbocycles. The molecule has 0 heterocycles. The van der Waals surface area contributed by atoms with E-state index in [4.69, 9.17) is 5.11 Å². The van der Waals surface area contributed by atoms with E-state index in [1.54, 1.807) is 12.1 Å². The van der Waals surface area contributed by atoms with Gasteiger partial charge in [-0.15, -0.1) is 6.58 Å². The van der Waals surface area contributed by atoms with Crippen LogP contribution in [0.25, 0.3) is 11.1 Å². The highest BCUT2D eigenvalue weighted by Gasteiger charge is 2.10. The molecular weight excluding hydrogens is 314 g/mol. The zero-order chi connectivity index (χ0) is 18.1. The van der Waals surface area contributed by atoms with Crippen LogP contribution < -0.4 is 5.32 Å². The molecule has 128 valence electrons. The van der Waals surface area contributed by atoms with Gasteiger partial charge >= 0.3 is 6.03 Å². The van der Waals surface area contributed by atoms with E-state index in [9.17, 15) is 10.1 Å². The van der Waals surface area contributed by atoms with Gasteiger partial charge in [-0.25, -0.2) is 4.79 Å². The molecule has 0 saturated heterocycles. The lowest BCUT2D eigenvalue weighted by molar-refractivity contribution is 0.183. The molecule has 0 bridgehead atoms. The van der Waals surface area contributed by atoms with Crippen LogP contribution in [0.5, 0.6) is 0 Å². The lowest BCUT2D eigenvalue weighted by Gasteiger charge is -2.20. The van der Waals surface area contributed by atoms with E-state index in [1.807, 2.05) is 42.5 Å². The third-order valence-electron chi connectivity index (χ3n) is 3.76. The topological polar surface area (TPSA) is 76.4 Å². The smallest absolute Gasteiger partial charge is 0.318 e. The number of amides is 2. The van der Waals surface area contributed by atoms with Gasteiger partial charge in [0.15, 0.2) is 0 Å². The highest BCUT2D eigenvalue weighted by Crippen LogP contribution is 2.23. The minimum absolute atomic E-state index is 0.0890. The molecule has 2 aromatic rings. The van der Waals surface area contributed by atoms with Crippen molar-refractivity contribution in [2.45, 2.75) is 6.54 Å². The summed E-state index contributed by atoms with van der Waals surface area (Å²) < 4.78 is 0. The predicted octanol–water partition coefficient (Wildman–Crippen LogP) is 2.92. The van der Waals surface area contributed by atoms with Gasteiger partial charge in [-0.2, -0.15) is 5.26 Å². The fraction of sp³-hybridized carbons (Fsp3) is 0.200. The van der Waals surface area contributed by atoms with E-state index in [1.165, 1.54) is 4.90 Å². The minimum Gasteiger partial charge on any atom is -0.395 e. The molecule has 2 N–H and O–H groups in total. The first kappa shape index (κ1) is 18.2. The van der Waals surface area contributed by atoms with Gasteiger partial charge in [0, 0.05) is 19.6 Å². The summed E-state index contributed by atoms with van der Waals surface area (Å²) in [6.45, 7) is 4.56. The van der Waals surface area contributed by atoms with Gasteiger partial charge in [-0.3, -0.25) is 0 Å². The van der Waals surface area contributed by atoms with E-state index in [-0.39, 0.29) is 19.2 Å². The maximum absolute atomic E-state index is 12.1. The first-order valence-corrected chi connectivity index (χ1v) is 8.02. The van der Waals surface area contributed by atoms with Crippen LogP contribution in [-0.2, 0) is 6.54 Å². The van der Waals surface area contributed by atoms with Crippen LogP contribution in [0.15, 0.2) is 61.2 Å². The van der Waals surface area contributed by atoms with E-state index in [0.717, 1.165) is 16.7 Å². The Labute approximate surface area is 147 Å². The summed E-state index contributed by atoms with van der Waals surface area (Å²) >= 11 is 0. The summed E-state index contributed by atoms with van der Waals surface area (Å²) in [6, 6.07) is 17.1. The molecule has 2 aromatic carbocycles. The first-order valence-electron chi connectivity index (χ1n) is 8.02. The molecule has 25 heavy (non-hydrogen) atoms. The largest absolute Gasteiger partial charge is 0.395 e. The number of benzene rings is 2. The van der Waals surface area contributed by atoms with Crippen molar-refractivity contribution in [2.24, 2.45) is 0 Å². The van der Waals surface area contributed by atoms with Crippen LogP contribution in [0, 0.1) is 11.3 Å². The number of aliphatic hydroxyl groups excluding tert-OH is 1. The Bertz CT molecular complexity index is 763. The average Bonchev–Trinajstić information content (AvgIpc) is 2.66. The van der Waals surface area contributed by atoms with Crippen LogP contribution in [0.4, 0.5) is 4.79 Å². The molecule has 2 amide bonds. The van der Waals surface area contributed by atoms with Gasteiger partial charge in [0.05, 0.1) is 18.2 Å². The molecule has 2 rings (SSSR count). The molecule has 0 aliphatic carbocycles. The fourth-order valence-corrected chi connectivity index (χ4v) is 2.48. The number of carbonyl (C=O) groups is 1. The molecule has 0 spiro atoms. The van der Waals surface area contributed by atoms with Crippen molar-refractivity contribution in [2.75, 3.05) is 19.7 Å². The number of hydrogen-bond donors (Lipinski definition) is 2. The zero-order valence-corrected chi connectivity index (χ0v) is 14.0. The number of nitrogens with one attached hydrogen (secondary N) is 1. The molecule has 0 aliphatic heterocycles. The van der Waals surface area contributed by atoms with Crippen LogP contribution in [-0.4, -0.2) is 35.7 Å². The number of carbonyl (C=O) groups excluding carboxylic acids is 1. The Kier molecular flexibility index (Phi) is 6.76. The maximum atomic E-state index is 12.1. The van der Waals surface area contributed by atoms with E-state index in [2.05, 4.69) is 18.0 Å². The molecule has 5 nitrogen and oxygen atoms in total. The SMILES string of the molecule is C=CCN(CCO)C(=O)NCc1ccc(-c2ccccc2C#N)cc1. The molecule has 0 unspecified atom stereocenters. The minimum atomic E-state index is -0.243. The number of hydrogen-bond acceptors (Lipinski definition) is 3. The summed E-state index contributed by atoms with van der Waals surface area (Å²) in [6.07, 6.45) is 1.62. The van der Waals surface area contributed by atoms with Crippen molar-refractivity contribution < 1.29 is 9.90 Å². The van der Waals surface area contributed by atoms with Gasteiger partial charge in [0.2, 0.25) is 0 Å². The molecule has 0 atom stereocenters. The molecule has 0 aliphatic rings. The summed E-state index contributed by atoms with van der Waals surface area (Å²) in [4.78, 5) is 13.6. The predicted molar refractivity (Wildman–Crippen MR) is 97.7 cm³/mol. The Morgan fingerprint density at radius 1 is 1.24 bits per heavy atom. The quantitative estimate of drug-likeness (QED) is 0.764. The third kappa shape index (κ3) is 4.93. The number of nitriles is 1. The number of aliphatic hydroxyl groups is 1. The Morgan fingerprint density at radius 2 is 1.96 bits per heavy atom. The van der Waals surface area contributed by atoms with Crippen LogP contribution in [0.3, 0.4) is 0 Å². The second-order valence-corrected chi connectivity index (χ2v) is 5.47. The monoisotopic (exact) mass is 335 g/mol. The average molecular weight is 335 g/mol. The summed E-state index contributed by atoms with van der Waals surface area (Å²) in [5, 5.41) is 21.0. The second kappa shape index (κ2) is 9.26. The molecule has 5 heteroatoms. The lowest BCUT2D eigenvalue weighted by atomic mass is 9.99. The van der Waals surface area contributed by atoms with Crippen LogP contribution in [0.1, 0.15) is 11.1 Å². The molecule has 0 fully saturated rings. The van der Waals surface area contributed by atoms with E-state index >= 15 is 0 Å². The van der Waals surface area contributed by atoms with Gasteiger partial charge in [0.1, 0.15) is 0 Å². The Hall–Kier alpha value is -3.10. The number of nitrogens with zero attached hydrogens (tertiary/aromatic N) is 2. The van der Waals surface area contributed by atoms with Crippen molar-refractivity contribution in [3.8, 4) is 17.2 Å². The third-order valence-corrected chi connectivity index (χ3v) is 3.76. The normalized spacial score (nSPS) is 9.92. The van der Waals surface area contributed by atoms with Crippen molar-refractivity contribution in [3.05, 3.63) is 72.3 Å². The first-order chi connectivity index (χ1) is 12.2. The highest BCUT2D eigenvalue weighted by atomic mass is 16.3. The maximum Gasteiger partial charge on any atom is 0.318 e. The number of rotatable bonds is 7. The lowest BCUT2D eigenvalue weighted by Crippen LogP contribution is -2.41. The standard InChI is InChI=1S/C20H21N3O2/c1-2-11-23(12-13-24)20(25)22-15-16-7-9-17(10-8-16)19-6-4-3-5-18(19)14-21/h2-10,24H,1,11-13,15H2,(H,22,25). The number of urea groups is 1. The zero-order valence-electron chi connectivity index (χ0n) is 14.0. The Morgan fingerprint density at radius 3 is 2.60 bits per heavy atom. The second-order valence-electron chi connectivity index (χ2n) is 5.47. The molecule has 0 aromatic heterocycles. The van der Waals surface area contributed by atoms with Crippen molar-refractivity contribution >= 4 is 6.03 Å². The van der Waals surface area contributed by atoms with Crippen LogP contribution in [0.2, 0.25) is 0 Å². The summed E-state index contributed by atoms with van der Waals surface area (Å²) in [7, 11) is 0. The summed E-state index contributed by atoms with van der Waals surface area (Å²) in [5.74, 6) is 0. The van der Waals surface area contributed by atoms with Gasteiger partial charge in [0.25, 0.3) is 0 Å². The molecule has 0 radical (unpaired) electrons. The highest BCUT2D eigenvalue weighted by molar-refractivity contribution is 5.74. The van der Waals surface area contributed by atoms with Gasteiger partial charge in [-0.05, 0) is 22.8 Å². The van der Waals surface area contributed by atoms with Gasteiger partial charge < -0.3 is 15.3 Å². The van der Waals surface area contributed by atoms with Crippen LogP contribution >= 0.6 is 0 Å². The van der Waals surface area contributed by atoms with Gasteiger partial charge in [-0.1, -0.05) is 48.5 Å². The Balaban J connectivity index is 2.02. The van der Waals surface area contributed by atoms with E-state index < -0.39 is 0 Å². The van der Waals surface area contributed by atoms with Crippen molar-refractivity contribution in [3.63, 3.8) is 0 Å². The molecular formula is C20H21N3O2. The van der Waals surface area contributed by atoms with E-state index in [0.29, 0.717) is 18.7 Å². The van der Waals surface area contributed by atoms with Crippen molar-refractivity contribution in [1.82, 2.24) is 10.2 Å².